The summed E-state index contributed by atoms with van der Waals surface area (Å²) in [6.45, 7) is 10.8. The minimum atomic E-state index is -0.400. The van der Waals surface area contributed by atoms with Crippen LogP contribution >= 0.6 is 11.3 Å². The van der Waals surface area contributed by atoms with Crippen molar-refractivity contribution in [3.8, 4) is 5.75 Å². The monoisotopic (exact) mass is 414 g/mol. The van der Waals surface area contributed by atoms with Gasteiger partial charge in [0.15, 0.2) is 0 Å². The van der Waals surface area contributed by atoms with Crippen LogP contribution < -0.4 is 10.3 Å². The summed E-state index contributed by atoms with van der Waals surface area (Å²) in [6, 6.07) is 6.02. The number of ether oxygens (including phenoxy) is 2. The third kappa shape index (κ3) is 4.85. The van der Waals surface area contributed by atoms with E-state index in [1.165, 1.54) is 22.2 Å². The number of aromatic nitrogens is 2. The van der Waals surface area contributed by atoms with Gasteiger partial charge in [-0.05, 0) is 55.5 Å². The zero-order valence-corrected chi connectivity index (χ0v) is 18.3. The van der Waals surface area contributed by atoms with Crippen LogP contribution in [0.15, 0.2) is 29.3 Å². The molecule has 0 saturated heterocycles. The number of carbonyl (C=O) groups excluding carboxylic acids is 1. The van der Waals surface area contributed by atoms with Crippen LogP contribution in [-0.2, 0) is 11.3 Å². The zero-order valence-electron chi connectivity index (χ0n) is 17.4. The van der Waals surface area contributed by atoms with Crippen LogP contribution in [0.25, 0.3) is 10.2 Å². The lowest BCUT2D eigenvalue weighted by Gasteiger charge is -2.09. The third-order valence-corrected chi connectivity index (χ3v) is 5.63. The molecule has 29 heavy (non-hydrogen) atoms. The fourth-order valence-corrected chi connectivity index (χ4v) is 4.13. The molecule has 0 saturated carbocycles. The Morgan fingerprint density at radius 3 is 2.52 bits per heavy atom. The van der Waals surface area contributed by atoms with Crippen LogP contribution in [0, 0.1) is 26.7 Å². The number of fused-ring (bicyclic) bond motifs is 1. The second-order valence-corrected chi connectivity index (χ2v) is 8.64. The van der Waals surface area contributed by atoms with Gasteiger partial charge in [-0.1, -0.05) is 19.9 Å². The number of aryl methyl sites for hydroxylation is 3. The summed E-state index contributed by atoms with van der Waals surface area (Å²) in [5.74, 6) is 0.635. The van der Waals surface area contributed by atoms with Gasteiger partial charge in [0.25, 0.3) is 5.56 Å². The Balaban J connectivity index is 1.78. The van der Waals surface area contributed by atoms with Crippen molar-refractivity contribution in [1.82, 2.24) is 9.55 Å². The topological polar surface area (TPSA) is 70.4 Å². The first kappa shape index (κ1) is 21.0. The average Bonchev–Trinajstić information content (AvgIpc) is 2.98. The largest absolute Gasteiger partial charge is 0.492 e. The number of hydrogen-bond donors (Lipinski definition) is 0. The molecule has 0 aliphatic rings. The number of carbonyl (C=O) groups is 1. The first-order valence-corrected chi connectivity index (χ1v) is 10.4. The normalized spacial score (nSPS) is 11.2. The van der Waals surface area contributed by atoms with Gasteiger partial charge in [0.2, 0.25) is 0 Å². The maximum Gasteiger partial charge on any atom is 0.348 e. The predicted octanol–water partition coefficient (Wildman–Crippen LogP) is 4.28. The van der Waals surface area contributed by atoms with E-state index >= 15 is 0 Å². The molecule has 6 nitrogen and oxygen atoms in total. The van der Waals surface area contributed by atoms with Gasteiger partial charge in [0, 0.05) is 0 Å². The quantitative estimate of drug-likeness (QED) is 0.540. The maximum atomic E-state index is 12.9. The van der Waals surface area contributed by atoms with E-state index in [1.54, 1.807) is 6.92 Å². The van der Waals surface area contributed by atoms with Gasteiger partial charge >= 0.3 is 5.97 Å². The Kier molecular flexibility index (Phi) is 6.37. The number of hydrogen-bond acceptors (Lipinski definition) is 6. The lowest BCUT2D eigenvalue weighted by Crippen LogP contribution is -2.23. The molecule has 0 bridgehead atoms. The van der Waals surface area contributed by atoms with Gasteiger partial charge in [-0.15, -0.1) is 11.3 Å². The molecule has 0 aliphatic heterocycles. The van der Waals surface area contributed by atoms with Crippen molar-refractivity contribution in [1.29, 1.82) is 0 Å². The summed E-state index contributed by atoms with van der Waals surface area (Å²) >= 11 is 1.20. The summed E-state index contributed by atoms with van der Waals surface area (Å²) in [5.41, 5.74) is 2.72. The smallest absolute Gasteiger partial charge is 0.348 e. The van der Waals surface area contributed by atoms with Crippen molar-refractivity contribution in [3.63, 3.8) is 0 Å². The van der Waals surface area contributed by atoms with Crippen LogP contribution in [0.2, 0.25) is 0 Å². The summed E-state index contributed by atoms with van der Waals surface area (Å²) in [6.07, 6.45) is 1.51. The number of esters is 1. The molecule has 154 valence electrons. The second kappa shape index (κ2) is 8.78. The molecule has 0 unspecified atom stereocenters. The molecule has 0 atom stereocenters. The fraction of sp³-hybridized carbons (Fsp3) is 0.409. The van der Waals surface area contributed by atoms with Gasteiger partial charge in [0.05, 0.1) is 24.9 Å². The molecule has 2 aromatic heterocycles. The van der Waals surface area contributed by atoms with E-state index in [9.17, 15) is 9.59 Å². The highest BCUT2D eigenvalue weighted by Gasteiger charge is 2.20. The number of rotatable bonds is 7. The van der Waals surface area contributed by atoms with Gasteiger partial charge in [-0.2, -0.15) is 0 Å². The summed E-state index contributed by atoms with van der Waals surface area (Å²) in [4.78, 5) is 30.6. The predicted molar refractivity (Wildman–Crippen MR) is 115 cm³/mol. The molecular weight excluding hydrogens is 388 g/mol. The lowest BCUT2D eigenvalue weighted by molar-refractivity contribution is 0.0464. The first-order valence-electron chi connectivity index (χ1n) is 9.63. The van der Waals surface area contributed by atoms with Crippen molar-refractivity contribution in [2.45, 2.75) is 41.2 Å². The third-order valence-electron chi connectivity index (χ3n) is 4.45. The minimum absolute atomic E-state index is 0.171. The fourth-order valence-electron chi connectivity index (χ4n) is 3.10. The Bertz CT molecular complexity index is 1080. The molecule has 0 spiro atoms. The summed E-state index contributed by atoms with van der Waals surface area (Å²) in [5, 5.41) is 0.473. The molecule has 7 heteroatoms. The molecule has 0 radical (unpaired) electrons. The van der Waals surface area contributed by atoms with Gasteiger partial charge in [-0.25, -0.2) is 9.78 Å². The van der Waals surface area contributed by atoms with E-state index in [4.69, 9.17) is 9.47 Å². The molecule has 3 aromatic rings. The van der Waals surface area contributed by atoms with Crippen molar-refractivity contribution < 1.29 is 14.3 Å². The molecule has 0 aliphatic carbocycles. The highest BCUT2D eigenvalue weighted by atomic mass is 32.1. The Hall–Kier alpha value is -2.67. The van der Waals surface area contributed by atoms with Crippen LogP contribution in [0.5, 0.6) is 5.75 Å². The highest BCUT2D eigenvalue weighted by Crippen LogP contribution is 2.27. The van der Waals surface area contributed by atoms with Gasteiger partial charge < -0.3 is 9.47 Å². The first-order chi connectivity index (χ1) is 13.8. The number of thiophene rings is 1. The number of nitrogens with zero attached hydrogens (tertiary/aromatic N) is 2. The zero-order chi connectivity index (χ0) is 21.1. The second-order valence-electron chi connectivity index (χ2n) is 7.64. The van der Waals surface area contributed by atoms with Crippen LogP contribution in [0.3, 0.4) is 0 Å². The van der Waals surface area contributed by atoms with Crippen LogP contribution in [-0.4, -0.2) is 28.7 Å². The Morgan fingerprint density at radius 2 is 1.86 bits per heavy atom. The van der Waals surface area contributed by atoms with E-state index in [2.05, 4.69) is 11.1 Å². The van der Waals surface area contributed by atoms with E-state index in [-0.39, 0.29) is 11.5 Å². The highest BCUT2D eigenvalue weighted by molar-refractivity contribution is 7.20. The Morgan fingerprint density at radius 1 is 1.17 bits per heavy atom. The summed E-state index contributed by atoms with van der Waals surface area (Å²) in [7, 11) is 0. The SMILES string of the molecule is Cc1cc(C)cc(OCCn2cnc3sc(C(=O)OCC(C)C)c(C)c3c2=O)c1. The molecule has 2 heterocycles. The van der Waals surface area contributed by atoms with Crippen molar-refractivity contribution in [3.05, 3.63) is 56.4 Å². The van der Waals surface area contributed by atoms with Crippen molar-refractivity contribution in [2.24, 2.45) is 5.92 Å². The maximum absolute atomic E-state index is 12.9. The van der Waals surface area contributed by atoms with Gasteiger partial charge in [0.1, 0.15) is 22.1 Å². The molecule has 3 rings (SSSR count). The van der Waals surface area contributed by atoms with Gasteiger partial charge in [-0.3, -0.25) is 9.36 Å². The van der Waals surface area contributed by atoms with E-state index in [0.29, 0.717) is 40.4 Å². The van der Waals surface area contributed by atoms with Crippen LogP contribution in [0.1, 0.15) is 40.2 Å². The lowest BCUT2D eigenvalue weighted by atomic mass is 10.1. The van der Waals surface area contributed by atoms with Crippen LogP contribution in [0.4, 0.5) is 0 Å². The Labute approximate surface area is 174 Å². The van der Waals surface area contributed by atoms with E-state index < -0.39 is 5.97 Å². The minimum Gasteiger partial charge on any atom is -0.492 e. The number of benzene rings is 1. The molecule has 0 fully saturated rings. The average molecular weight is 415 g/mol. The van der Waals surface area contributed by atoms with Crippen molar-refractivity contribution >= 4 is 27.5 Å². The van der Waals surface area contributed by atoms with E-state index in [0.717, 1.165) is 16.9 Å². The molecular formula is C22H26N2O4S. The molecule has 0 amide bonds. The molecule has 1 aromatic carbocycles. The standard InChI is InChI=1S/C22H26N2O4S/c1-13(2)11-28-22(26)19-16(5)18-20(29-19)23-12-24(21(18)25)6-7-27-17-9-14(3)8-15(4)10-17/h8-10,12-13H,6-7,11H2,1-5H3. The molecule has 0 N–H and O–H groups in total. The van der Waals surface area contributed by atoms with Crippen molar-refractivity contribution in [2.75, 3.05) is 13.2 Å². The van der Waals surface area contributed by atoms with E-state index in [1.807, 2.05) is 39.8 Å². The summed E-state index contributed by atoms with van der Waals surface area (Å²) < 4.78 is 12.6.